The molecule has 0 atom stereocenters. The largest absolute Gasteiger partial charge is 0.395 e. The fourth-order valence-corrected chi connectivity index (χ4v) is 2.01. The number of β-amino-alcohol motifs (C(OH)–C–C–N with tert-alkyl or cyclic N) is 1. The molecule has 1 heterocycles. The van der Waals surface area contributed by atoms with Crippen molar-refractivity contribution in [3.05, 3.63) is 30.1 Å². The lowest BCUT2D eigenvalue weighted by Crippen LogP contribution is -2.52. The highest BCUT2D eigenvalue weighted by Crippen LogP contribution is 2.24. The fourth-order valence-electron chi connectivity index (χ4n) is 2.01. The molecule has 0 spiro atoms. The first-order chi connectivity index (χ1) is 8.24. The molecule has 1 saturated heterocycles. The molecule has 1 aliphatic heterocycles. The van der Waals surface area contributed by atoms with E-state index in [1.165, 1.54) is 11.1 Å². The summed E-state index contributed by atoms with van der Waals surface area (Å²) < 4.78 is 13.7. The van der Waals surface area contributed by atoms with E-state index in [4.69, 9.17) is 5.11 Å². The molecule has 2 rings (SSSR count). The van der Waals surface area contributed by atoms with Crippen LogP contribution in [0.15, 0.2) is 24.3 Å². The van der Waals surface area contributed by atoms with Crippen LogP contribution in [0.25, 0.3) is 0 Å². The predicted molar refractivity (Wildman–Crippen MR) is 61.8 cm³/mol. The number of amides is 1. The zero-order valence-electron chi connectivity index (χ0n) is 9.47. The number of benzene rings is 1. The Hall–Kier alpha value is -1.46. The Kier molecular flexibility index (Phi) is 3.71. The van der Waals surface area contributed by atoms with Crippen molar-refractivity contribution in [3.8, 4) is 0 Å². The average Bonchev–Trinajstić information content (AvgIpc) is 2.31. The van der Waals surface area contributed by atoms with E-state index in [9.17, 15) is 9.18 Å². The monoisotopic (exact) mass is 238 g/mol. The van der Waals surface area contributed by atoms with E-state index in [0.717, 1.165) is 6.42 Å². The van der Waals surface area contributed by atoms with Gasteiger partial charge in [0.15, 0.2) is 0 Å². The first-order valence-corrected chi connectivity index (χ1v) is 5.67. The number of rotatable bonds is 3. The molecule has 92 valence electrons. The van der Waals surface area contributed by atoms with Crippen molar-refractivity contribution >= 4 is 11.6 Å². The average molecular weight is 238 g/mol. The number of hydrogen-bond acceptors (Lipinski definition) is 3. The zero-order chi connectivity index (χ0) is 12.3. The van der Waals surface area contributed by atoms with Gasteiger partial charge in [-0.3, -0.25) is 4.79 Å². The van der Waals surface area contributed by atoms with Gasteiger partial charge in [-0.2, -0.15) is 0 Å². The number of aliphatic hydroxyl groups excluding tert-OH is 1. The van der Waals surface area contributed by atoms with Gasteiger partial charge >= 0.3 is 0 Å². The summed E-state index contributed by atoms with van der Waals surface area (Å²) in [6.07, 6.45) is 1.15. The van der Waals surface area contributed by atoms with Crippen LogP contribution in [0.2, 0.25) is 0 Å². The van der Waals surface area contributed by atoms with Crippen molar-refractivity contribution in [1.82, 2.24) is 5.01 Å². The third kappa shape index (κ3) is 2.45. The maximum Gasteiger partial charge on any atom is 0.241 e. The van der Waals surface area contributed by atoms with Crippen molar-refractivity contribution in [2.45, 2.75) is 12.8 Å². The number of carbonyl (C=O) groups excluding carboxylic acids is 1. The third-order valence-electron chi connectivity index (χ3n) is 2.76. The van der Waals surface area contributed by atoms with Gasteiger partial charge in [0.25, 0.3) is 0 Å². The topological polar surface area (TPSA) is 43.8 Å². The number of carbonyl (C=O) groups is 1. The highest BCUT2D eigenvalue weighted by Gasteiger charge is 2.28. The Balaban J connectivity index is 2.31. The van der Waals surface area contributed by atoms with Crippen LogP contribution in [0.5, 0.6) is 0 Å². The Bertz CT molecular complexity index is 409. The summed E-state index contributed by atoms with van der Waals surface area (Å²) in [5.74, 6) is -0.555. The number of para-hydroxylation sites is 1. The van der Waals surface area contributed by atoms with Crippen LogP contribution < -0.4 is 5.01 Å². The van der Waals surface area contributed by atoms with E-state index < -0.39 is 5.82 Å². The quantitative estimate of drug-likeness (QED) is 0.859. The number of halogens is 1. The Morgan fingerprint density at radius 1 is 1.35 bits per heavy atom. The second kappa shape index (κ2) is 5.25. The van der Waals surface area contributed by atoms with Gasteiger partial charge in [0.1, 0.15) is 5.82 Å². The number of anilines is 1. The number of aliphatic hydroxyl groups is 1. The van der Waals surface area contributed by atoms with Gasteiger partial charge in [-0.05, 0) is 18.6 Å². The third-order valence-corrected chi connectivity index (χ3v) is 2.76. The van der Waals surface area contributed by atoms with Gasteiger partial charge < -0.3 is 5.11 Å². The van der Waals surface area contributed by atoms with Crippen molar-refractivity contribution in [2.24, 2.45) is 0 Å². The standard InChI is InChI=1S/C12H15FN2O2/c13-10-4-1-2-5-11(10)15-12(17)6-3-7-14(15)8-9-16/h1-2,4-5,16H,3,6-9H2. The van der Waals surface area contributed by atoms with Crippen molar-refractivity contribution in [3.63, 3.8) is 0 Å². The lowest BCUT2D eigenvalue weighted by Gasteiger charge is -2.38. The van der Waals surface area contributed by atoms with Gasteiger partial charge in [-0.1, -0.05) is 12.1 Å². The molecular weight excluding hydrogens is 223 g/mol. The summed E-state index contributed by atoms with van der Waals surface area (Å²) in [7, 11) is 0. The van der Waals surface area contributed by atoms with Crippen molar-refractivity contribution in [1.29, 1.82) is 0 Å². The predicted octanol–water partition coefficient (Wildman–Crippen LogP) is 1.16. The van der Waals surface area contributed by atoms with Crippen LogP contribution in [0.4, 0.5) is 10.1 Å². The van der Waals surface area contributed by atoms with Crippen LogP contribution in [0.3, 0.4) is 0 Å². The molecule has 0 saturated carbocycles. The smallest absolute Gasteiger partial charge is 0.241 e. The van der Waals surface area contributed by atoms with E-state index in [0.29, 0.717) is 19.5 Å². The van der Waals surface area contributed by atoms with Gasteiger partial charge in [0, 0.05) is 19.5 Å². The van der Waals surface area contributed by atoms with Crippen LogP contribution >= 0.6 is 0 Å². The van der Waals surface area contributed by atoms with E-state index in [1.807, 2.05) is 0 Å². The summed E-state index contributed by atoms with van der Waals surface area (Å²) >= 11 is 0. The van der Waals surface area contributed by atoms with Crippen LogP contribution in [-0.4, -0.2) is 35.7 Å². The van der Waals surface area contributed by atoms with E-state index in [-0.39, 0.29) is 18.2 Å². The Morgan fingerprint density at radius 2 is 2.12 bits per heavy atom. The number of hydrogen-bond donors (Lipinski definition) is 1. The molecule has 0 aliphatic carbocycles. The fraction of sp³-hybridized carbons (Fsp3) is 0.417. The van der Waals surface area contributed by atoms with Crippen LogP contribution in [0.1, 0.15) is 12.8 Å². The van der Waals surface area contributed by atoms with Gasteiger partial charge in [-0.25, -0.2) is 14.4 Å². The molecule has 1 aliphatic rings. The molecule has 17 heavy (non-hydrogen) atoms. The van der Waals surface area contributed by atoms with Gasteiger partial charge in [-0.15, -0.1) is 0 Å². The molecule has 5 heteroatoms. The van der Waals surface area contributed by atoms with E-state index >= 15 is 0 Å². The molecular formula is C12H15FN2O2. The first-order valence-electron chi connectivity index (χ1n) is 5.67. The maximum absolute atomic E-state index is 13.7. The normalized spacial score (nSPS) is 17.5. The molecule has 0 radical (unpaired) electrons. The summed E-state index contributed by atoms with van der Waals surface area (Å²) in [6, 6.07) is 6.18. The maximum atomic E-state index is 13.7. The van der Waals surface area contributed by atoms with Crippen LogP contribution in [0, 0.1) is 5.82 Å². The molecule has 0 aromatic heterocycles. The minimum absolute atomic E-state index is 0.0573. The first kappa shape index (κ1) is 12.0. The molecule has 1 amide bonds. The van der Waals surface area contributed by atoms with Crippen molar-refractivity contribution < 1.29 is 14.3 Å². The Morgan fingerprint density at radius 3 is 2.82 bits per heavy atom. The molecule has 1 aromatic carbocycles. The second-order valence-corrected chi connectivity index (χ2v) is 3.94. The summed E-state index contributed by atoms with van der Waals surface area (Å²) in [5.41, 5.74) is 0.255. The van der Waals surface area contributed by atoms with Crippen LogP contribution in [-0.2, 0) is 4.79 Å². The minimum atomic E-state index is -0.425. The highest BCUT2D eigenvalue weighted by molar-refractivity contribution is 5.93. The molecule has 1 N–H and O–H groups in total. The minimum Gasteiger partial charge on any atom is -0.395 e. The molecule has 4 nitrogen and oxygen atoms in total. The molecule has 0 unspecified atom stereocenters. The van der Waals surface area contributed by atoms with E-state index in [1.54, 1.807) is 23.2 Å². The second-order valence-electron chi connectivity index (χ2n) is 3.94. The summed E-state index contributed by atoms with van der Waals surface area (Å²) in [6.45, 7) is 0.930. The van der Waals surface area contributed by atoms with Gasteiger partial charge in [0.2, 0.25) is 5.91 Å². The van der Waals surface area contributed by atoms with Crippen molar-refractivity contribution in [2.75, 3.05) is 24.7 Å². The lowest BCUT2D eigenvalue weighted by atomic mass is 10.2. The summed E-state index contributed by atoms with van der Waals surface area (Å²) in [5, 5.41) is 12.0. The summed E-state index contributed by atoms with van der Waals surface area (Å²) in [4.78, 5) is 11.9. The SMILES string of the molecule is O=C1CCCN(CCO)N1c1ccccc1F. The lowest BCUT2D eigenvalue weighted by molar-refractivity contribution is -0.124. The molecule has 1 aromatic rings. The van der Waals surface area contributed by atoms with Gasteiger partial charge in [0.05, 0.1) is 12.3 Å². The molecule has 0 bridgehead atoms. The molecule has 1 fully saturated rings. The number of nitrogens with zero attached hydrogens (tertiary/aromatic N) is 2. The Labute approximate surface area is 99.2 Å². The highest BCUT2D eigenvalue weighted by atomic mass is 19.1. The van der Waals surface area contributed by atoms with E-state index in [2.05, 4.69) is 0 Å². The number of hydrazine groups is 1. The zero-order valence-corrected chi connectivity index (χ0v) is 9.47.